The van der Waals surface area contributed by atoms with Crippen molar-refractivity contribution in [1.29, 1.82) is 0 Å². The molecule has 3 nitrogen and oxygen atoms in total. The predicted molar refractivity (Wildman–Crippen MR) is 57.6 cm³/mol. The summed E-state index contributed by atoms with van der Waals surface area (Å²) in [6.45, 7) is 7.45. The van der Waals surface area contributed by atoms with E-state index >= 15 is 0 Å². The van der Waals surface area contributed by atoms with E-state index < -0.39 is 5.97 Å². The summed E-state index contributed by atoms with van der Waals surface area (Å²) in [5, 5.41) is 0. The van der Waals surface area contributed by atoms with Gasteiger partial charge in [-0.15, -0.1) is 0 Å². The lowest BCUT2D eigenvalue weighted by Gasteiger charge is -2.08. The van der Waals surface area contributed by atoms with Gasteiger partial charge in [0.25, 0.3) is 0 Å². The van der Waals surface area contributed by atoms with Crippen LogP contribution >= 0.6 is 0 Å². The van der Waals surface area contributed by atoms with Crippen molar-refractivity contribution in [2.24, 2.45) is 0 Å². The van der Waals surface area contributed by atoms with Crippen molar-refractivity contribution in [2.45, 2.75) is 33.8 Å². The second-order valence-electron chi connectivity index (χ2n) is 3.83. The molecule has 0 radical (unpaired) electrons. The van der Waals surface area contributed by atoms with Crippen LogP contribution in [0.15, 0.2) is 18.2 Å². The van der Waals surface area contributed by atoms with Crippen molar-refractivity contribution in [3.8, 4) is 0 Å². The lowest BCUT2D eigenvalue weighted by molar-refractivity contribution is -0.265. The molecule has 0 unspecified atom stereocenters. The zero-order chi connectivity index (χ0) is 11.4. The molecule has 0 fully saturated rings. The zero-order valence-electron chi connectivity index (χ0n) is 9.53. The second kappa shape index (κ2) is 4.94. The Morgan fingerprint density at radius 3 is 2.47 bits per heavy atom. The van der Waals surface area contributed by atoms with Crippen LogP contribution in [-0.2, 0) is 9.78 Å². The summed E-state index contributed by atoms with van der Waals surface area (Å²) in [5.41, 5.74) is 2.56. The highest BCUT2D eigenvalue weighted by Gasteiger charge is 2.12. The number of hydrogen-bond acceptors (Lipinski definition) is 3. The molecule has 0 aliphatic rings. The molecule has 0 atom stereocenters. The molecule has 1 aromatic rings. The second-order valence-corrected chi connectivity index (χ2v) is 3.83. The van der Waals surface area contributed by atoms with Crippen molar-refractivity contribution in [2.75, 3.05) is 0 Å². The number of hydrogen-bond donors (Lipinski definition) is 0. The molecule has 1 aromatic carbocycles. The molecular formula is C12H16O3. The summed E-state index contributed by atoms with van der Waals surface area (Å²) in [4.78, 5) is 21.0. The molecule has 0 aliphatic carbocycles. The Labute approximate surface area is 89.9 Å². The molecule has 1 rings (SSSR count). The van der Waals surface area contributed by atoms with Crippen LogP contribution in [0.3, 0.4) is 0 Å². The summed E-state index contributed by atoms with van der Waals surface area (Å²) >= 11 is 0. The minimum Gasteiger partial charge on any atom is -0.293 e. The molecule has 0 amide bonds. The van der Waals surface area contributed by atoms with Crippen LogP contribution in [0.1, 0.15) is 35.3 Å². The van der Waals surface area contributed by atoms with Crippen molar-refractivity contribution < 1.29 is 14.6 Å². The van der Waals surface area contributed by atoms with Crippen LogP contribution in [0.25, 0.3) is 0 Å². The van der Waals surface area contributed by atoms with Crippen LogP contribution in [0, 0.1) is 13.8 Å². The van der Waals surface area contributed by atoms with Gasteiger partial charge in [-0.1, -0.05) is 17.7 Å². The Morgan fingerprint density at radius 1 is 1.27 bits per heavy atom. The maximum atomic E-state index is 11.5. The van der Waals surface area contributed by atoms with Gasteiger partial charge in [0, 0.05) is 0 Å². The van der Waals surface area contributed by atoms with Crippen molar-refractivity contribution in [1.82, 2.24) is 0 Å². The third kappa shape index (κ3) is 3.36. The van der Waals surface area contributed by atoms with E-state index in [0.29, 0.717) is 5.56 Å². The zero-order valence-corrected chi connectivity index (χ0v) is 9.53. The van der Waals surface area contributed by atoms with Crippen molar-refractivity contribution in [3.05, 3.63) is 34.9 Å². The normalized spacial score (nSPS) is 10.5. The summed E-state index contributed by atoms with van der Waals surface area (Å²) in [5.74, 6) is -0.443. The van der Waals surface area contributed by atoms with Gasteiger partial charge in [0.2, 0.25) is 0 Å². The lowest BCUT2D eigenvalue weighted by atomic mass is 10.1. The van der Waals surface area contributed by atoms with E-state index in [1.165, 1.54) is 0 Å². The fourth-order valence-corrected chi connectivity index (χ4v) is 1.23. The van der Waals surface area contributed by atoms with Crippen LogP contribution in [0.4, 0.5) is 0 Å². The first-order valence-corrected chi connectivity index (χ1v) is 4.95. The molecule has 0 bridgehead atoms. The van der Waals surface area contributed by atoms with E-state index in [4.69, 9.17) is 4.89 Å². The molecule has 0 heterocycles. The minimum absolute atomic E-state index is 0.125. The van der Waals surface area contributed by atoms with E-state index in [2.05, 4.69) is 4.89 Å². The standard InChI is InChI=1S/C12H16O3/c1-8(2)14-15-12(13)11-6-5-9(3)7-10(11)4/h5-8H,1-4H3. The minimum atomic E-state index is -0.443. The first-order chi connectivity index (χ1) is 7.00. The Kier molecular flexibility index (Phi) is 3.86. The summed E-state index contributed by atoms with van der Waals surface area (Å²) in [7, 11) is 0. The molecule has 0 saturated heterocycles. The van der Waals surface area contributed by atoms with Crippen LogP contribution < -0.4 is 0 Å². The van der Waals surface area contributed by atoms with E-state index in [0.717, 1.165) is 11.1 Å². The molecule has 0 spiro atoms. The van der Waals surface area contributed by atoms with Crippen LogP contribution in [0.5, 0.6) is 0 Å². The van der Waals surface area contributed by atoms with E-state index in [1.54, 1.807) is 19.9 Å². The first-order valence-electron chi connectivity index (χ1n) is 4.95. The molecule has 0 saturated carbocycles. The highest BCUT2D eigenvalue weighted by Crippen LogP contribution is 2.12. The Morgan fingerprint density at radius 2 is 1.93 bits per heavy atom. The number of aryl methyl sites for hydroxylation is 2. The van der Waals surface area contributed by atoms with Gasteiger partial charge in [-0.2, -0.15) is 4.89 Å². The number of benzene rings is 1. The topological polar surface area (TPSA) is 35.5 Å². The highest BCUT2D eigenvalue weighted by molar-refractivity contribution is 5.90. The lowest BCUT2D eigenvalue weighted by Crippen LogP contribution is -2.11. The number of rotatable bonds is 3. The highest BCUT2D eigenvalue weighted by atomic mass is 17.2. The molecule has 0 aliphatic heterocycles. The number of carbonyl (C=O) groups is 1. The van der Waals surface area contributed by atoms with Crippen LogP contribution in [-0.4, -0.2) is 12.1 Å². The van der Waals surface area contributed by atoms with E-state index in [1.807, 2.05) is 26.0 Å². The molecule has 3 heteroatoms. The fraction of sp³-hybridized carbons (Fsp3) is 0.417. The van der Waals surface area contributed by atoms with Gasteiger partial charge in [-0.3, -0.25) is 4.89 Å². The molecule has 0 N–H and O–H groups in total. The Hall–Kier alpha value is -1.35. The third-order valence-electron chi connectivity index (χ3n) is 1.92. The van der Waals surface area contributed by atoms with Gasteiger partial charge in [-0.25, -0.2) is 4.79 Å². The largest absolute Gasteiger partial charge is 0.373 e. The Bertz CT molecular complexity index is 356. The SMILES string of the molecule is Cc1ccc(C(=O)OOC(C)C)c(C)c1. The smallest absolute Gasteiger partial charge is 0.293 e. The maximum Gasteiger partial charge on any atom is 0.373 e. The average molecular weight is 208 g/mol. The quantitative estimate of drug-likeness (QED) is 0.566. The van der Waals surface area contributed by atoms with Crippen LogP contribution in [0.2, 0.25) is 0 Å². The van der Waals surface area contributed by atoms with E-state index in [9.17, 15) is 4.79 Å². The molecule has 15 heavy (non-hydrogen) atoms. The monoisotopic (exact) mass is 208 g/mol. The summed E-state index contributed by atoms with van der Waals surface area (Å²) in [6.07, 6.45) is -0.125. The average Bonchev–Trinajstić information content (AvgIpc) is 2.14. The Balaban J connectivity index is 2.74. The fourth-order valence-electron chi connectivity index (χ4n) is 1.23. The summed E-state index contributed by atoms with van der Waals surface area (Å²) < 4.78 is 0. The van der Waals surface area contributed by atoms with Gasteiger partial charge < -0.3 is 0 Å². The van der Waals surface area contributed by atoms with Gasteiger partial charge in [0.05, 0.1) is 11.7 Å². The predicted octanol–water partition coefficient (Wildman–Crippen LogP) is 2.80. The van der Waals surface area contributed by atoms with Gasteiger partial charge in [0.15, 0.2) is 0 Å². The molecule has 82 valence electrons. The molecule has 0 aromatic heterocycles. The summed E-state index contributed by atoms with van der Waals surface area (Å²) in [6, 6.07) is 5.56. The number of carbonyl (C=O) groups excluding carboxylic acids is 1. The van der Waals surface area contributed by atoms with Crippen molar-refractivity contribution in [3.63, 3.8) is 0 Å². The third-order valence-corrected chi connectivity index (χ3v) is 1.92. The van der Waals surface area contributed by atoms with Gasteiger partial charge >= 0.3 is 5.97 Å². The van der Waals surface area contributed by atoms with E-state index in [-0.39, 0.29) is 6.10 Å². The van der Waals surface area contributed by atoms with Gasteiger partial charge in [0.1, 0.15) is 0 Å². The van der Waals surface area contributed by atoms with Gasteiger partial charge in [-0.05, 0) is 39.3 Å². The first kappa shape index (κ1) is 11.7. The molecular weight excluding hydrogens is 192 g/mol. The van der Waals surface area contributed by atoms with Crippen molar-refractivity contribution >= 4 is 5.97 Å². The maximum absolute atomic E-state index is 11.5.